The van der Waals surface area contributed by atoms with Crippen molar-refractivity contribution in [3.8, 4) is 11.5 Å². The van der Waals surface area contributed by atoms with Crippen LogP contribution in [-0.4, -0.2) is 67.1 Å². The van der Waals surface area contributed by atoms with Crippen molar-refractivity contribution >= 4 is 101 Å². The fourth-order valence-electron chi connectivity index (χ4n) is 5.24. The number of nitrogen functional groups attached to an aromatic ring is 1. The van der Waals surface area contributed by atoms with Gasteiger partial charge < -0.3 is 20.9 Å². The molecule has 1 heterocycles. The number of phenolic OH excluding ortho intramolecular Hbond substituents is 1. The van der Waals surface area contributed by atoms with E-state index in [-0.39, 0.29) is 43.8 Å². The van der Waals surface area contributed by atoms with Crippen LogP contribution in [0, 0.1) is 0 Å². The highest BCUT2D eigenvalue weighted by Crippen LogP contribution is 2.44. The summed E-state index contributed by atoms with van der Waals surface area (Å²) in [7, 11) is -19.7. The number of pyridine rings is 1. The molecule has 54 heavy (non-hydrogen) atoms. The number of nitrogens with zero attached hydrogens (tertiary/aromatic N) is 4. The molecule has 6 aromatic rings. The number of H-pyrrole nitrogens is 1. The molecule has 0 amide bonds. The Balaban J connectivity index is 1.53. The van der Waals surface area contributed by atoms with Crippen molar-refractivity contribution in [2.75, 3.05) is 5.73 Å². The number of aromatic amines is 1. The van der Waals surface area contributed by atoms with Crippen LogP contribution in [0.2, 0.25) is 0 Å². The fourth-order valence-corrected chi connectivity index (χ4v) is 7.55. The smallest absolute Gasteiger partial charge is 0.296 e. The summed E-state index contributed by atoms with van der Waals surface area (Å²) >= 11 is 0. The maximum Gasteiger partial charge on any atom is 0.296 e. The average Bonchev–Trinajstić information content (AvgIpc) is 3.06. The van der Waals surface area contributed by atoms with Gasteiger partial charge in [-0.2, -0.15) is 33.7 Å². The van der Waals surface area contributed by atoms with Crippen molar-refractivity contribution in [1.82, 2.24) is 4.98 Å². The quantitative estimate of drug-likeness (QED) is 0.0588. The lowest BCUT2D eigenvalue weighted by Gasteiger charge is -2.11. The van der Waals surface area contributed by atoms with Crippen molar-refractivity contribution in [2.45, 2.75) is 19.6 Å². The molecule has 0 radical (unpaired) electrons. The van der Waals surface area contributed by atoms with Gasteiger partial charge in [0.15, 0.2) is 17.2 Å². The first kappa shape index (κ1) is 37.8. The summed E-state index contributed by atoms with van der Waals surface area (Å²) in [5.74, 6) is -1.80. The van der Waals surface area contributed by atoms with E-state index in [0.717, 1.165) is 54.6 Å². The van der Waals surface area contributed by atoms with Gasteiger partial charge in [0.1, 0.15) is 15.5 Å². The molecule has 1 aromatic heterocycles. The number of aromatic nitrogens is 1. The molecule has 0 fully saturated rings. The molecule has 0 aliphatic heterocycles. The number of hydrogen-bond acceptors (Lipinski definition) is 16. The van der Waals surface area contributed by atoms with E-state index in [1.165, 1.54) is 6.07 Å². The molecule has 25 heteroatoms. The third-order valence-electron chi connectivity index (χ3n) is 7.72. The molecule has 0 unspecified atom stereocenters. The summed E-state index contributed by atoms with van der Waals surface area (Å²) in [6.07, 6.45) is 0. The number of hydrogen-bond donors (Lipinski definition) is 8. The Kier molecular flexibility index (Phi) is 9.02. The Morgan fingerprint density at radius 3 is 1.59 bits per heavy atom. The average molecular weight is 821 g/mol. The first-order valence-corrected chi connectivity index (χ1v) is 20.0. The Hall–Kier alpha value is -5.93. The normalized spacial score (nSPS) is 13.2. The number of anilines is 1. The van der Waals surface area contributed by atoms with Crippen LogP contribution in [0.25, 0.3) is 32.4 Å². The van der Waals surface area contributed by atoms with Crippen LogP contribution in [0.15, 0.2) is 112 Å². The van der Waals surface area contributed by atoms with E-state index in [2.05, 4.69) is 25.4 Å². The Morgan fingerprint density at radius 1 is 0.519 bits per heavy atom. The van der Waals surface area contributed by atoms with Crippen molar-refractivity contribution in [3.05, 3.63) is 77.1 Å². The third-order valence-corrected chi connectivity index (χ3v) is 11.2. The summed E-state index contributed by atoms with van der Waals surface area (Å²) in [6, 6.07) is 10.6. The maximum absolute atomic E-state index is 12.8. The van der Waals surface area contributed by atoms with Gasteiger partial charge in [0, 0.05) is 21.5 Å². The van der Waals surface area contributed by atoms with E-state index in [1.54, 1.807) is 0 Å². The van der Waals surface area contributed by atoms with Crippen molar-refractivity contribution in [2.24, 2.45) is 20.5 Å². The Morgan fingerprint density at radius 2 is 1.02 bits per heavy atom. The van der Waals surface area contributed by atoms with Crippen LogP contribution in [0.5, 0.6) is 11.5 Å². The van der Waals surface area contributed by atoms with Gasteiger partial charge in [0.2, 0.25) is 0 Å². The second-order valence-corrected chi connectivity index (χ2v) is 16.8. The molecule has 0 saturated heterocycles. The van der Waals surface area contributed by atoms with Crippen LogP contribution in [0.3, 0.4) is 0 Å². The van der Waals surface area contributed by atoms with Gasteiger partial charge in [-0.05, 0) is 66.0 Å². The molecule has 0 bridgehead atoms. The molecule has 0 atom stereocenters. The molecular formula is C29H20N6O15S4. The highest BCUT2D eigenvalue weighted by molar-refractivity contribution is 7.86. The van der Waals surface area contributed by atoms with E-state index < -0.39 is 94.2 Å². The van der Waals surface area contributed by atoms with Gasteiger partial charge in [-0.15, -0.1) is 20.5 Å². The molecule has 0 spiro atoms. The minimum absolute atomic E-state index is 0.00350. The van der Waals surface area contributed by atoms with Gasteiger partial charge in [-0.3, -0.25) is 23.0 Å². The number of rotatable bonds is 8. The second kappa shape index (κ2) is 12.9. The van der Waals surface area contributed by atoms with E-state index >= 15 is 0 Å². The minimum Gasteiger partial charge on any atom is -0.505 e. The maximum atomic E-state index is 12.8. The van der Waals surface area contributed by atoms with E-state index in [1.807, 2.05) is 0 Å². The molecule has 280 valence electrons. The molecule has 0 aliphatic rings. The zero-order valence-electron chi connectivity index (χ0n) is 26.2. The SMILES string of the molecule is Nc1cc2c(O)c(N=Nc3ccc(N=Nc4c(O)c5cc(S(=O)(=O)O)ccc5[nH]c4=O)c4ccc(S(=O)(=O)O)cc34)c(S(=O)(=O)O)cc2cc1S(=O)(=O)O. The van der Waals surface area contributed by atoms with Crippen LogP contribution in [-0.2, 0) is 40.5 Å². The second-order valence-electron chi connectivity index (χ2n) is 11.2. The lowest BCUT2D eigenvalue weighted by Crippen LogP contribution is -2.06. The van der Waals surface area contributed by atoms with Crippen molar-refractivity contribution < 1.29 is 62.1 Å². The molecule has 21 nitrogen and oxygen atoms in total. The standard InChI is InChI=1S/C29H20N6O15S4/c30-19-11-16-12(7-23(19)53(45,46)47)8-24(54(48,49)50)25(27(16)36)34-33-22-6-5-21(15-3-1-13(9-17(15)22)51(39,40)41)32-35-26-28(37)18-10-14(52(42,43)44)2-4-20(18)31-29(26)38/h1-11,36H,30H2,(H2,31,37,38)(H,39,40,41)(H,42,43,44)(H,45,46,47)(H,48,49,50). The van der Waals surface area contributed by atoms with E-state index in [4.69, 9.17) is 5.73 Å². The number of nitrogens with one attached hydrogen (secondary N) is 1. The molecule has 5 aromatic carbocycles. The largest absolute Gasteiger partial charge is 0.505 e. The van der Waals surface area contributed by atoms with Crippen LogP contribution >= 0.6 is 0 Å². The van der Waals surface area contributed by atoms with Crippen molar-refractivity contribution in [1.29, 1.82) is 0 Å². The first-order valence-electron chi connectivity index (χ1n) is 14.2. The highest BCUT2D eigenvalue weighted by Gasteiger charge is 2.25. The number of fused-ring (bicyclic) bond motifs is 3. The predicted octanol–water partition coefficient (Wildman–Crippen LogP) is 4.65. The number of phenols is 1. The fraction of sp³-hybridized carbons (Fsp3) is 0. The van der Waals surface area contributed by atoms with Crippen LogP contribution in [0.4, 0.5) is 28.4 Å². The Labute approximate surface area is 301 Å². The molecule has 9 N–H and O–H groups in total. The summed E-state index contributed by atoms with van der Waals surface area (Å²) in [5, 5.41) is 36.2. The predicted molar refractivity (Wildman–Crippen MR) is 188 cm³/mol. The van der Waals surface area contributed by atoms with E-state index in [0.29, 0.717) is 6.07 Å². The van der Waals surface area contributed by atoms with Gasteiger partial charge in [-0.25, -0.2) is 0 Å². The number of nitrogens with two attached hydrogens (primary N) is 1. The summed E-state index contributed by atoms with van der Waals surface area (Å²) < 4.78 is 134. The Bertz CT molecular complexity index is 3220. The minimum atomic E-state index is -5.24. The lowest BCUT2D eigenvalue weighted by molar-refractivity contribution is 0.472. The zero-order chi connectivity index (χ0) is 39.7. The van der Waals surface area contributed by atoms with Crippen LogP contribution < -0.4 is 11.3 Å². The summed E-state index contributed by atoms with van der Waals surface area (Å²) in [4.78, 5) is 11.9. The van der Waals surface area contributed by atoms with Gasteiger partial charge in [0.05, 0.1) is 32.4 Å². The zero-order valence-corrected chi connectivity index (χ0v) is 29.5. The molecule has 6 rings (SSSR count). The highest BCUT2D eigenvalue weighted by atomic mass is 32.2. The van der Waals surface area contributed by atoms with E-state index in [9.17, 15) is 66.9 Å². The lowest BCUT2D eigenvalue weighted by atomic mass is 10.1. The third kappa shape index (κ3) is 7.07. The molecule has 0 aliphatic carbocycles. The molecule has 0 saturated carbocycles. The van der Waals surface area contributed by atoms with Crippen LogP contribution in [0.1, 0.15) is 0 Å². The number of benzene rings is 5. The first-order chi connectivity index (χ1) is 24.9. The van der Waals surface area contributed by atoms with Crippen molar-refractivity contribution in [3.63, 3.8) is 0 Å². The number of azo groups is 2. The monoisotopic (exact) mass is 820 g/mol. The van der Waals surface area contributed by atoms with Gasteiger partial charge >= 0.3 is 0 Å². The summed E-state index contributed by atoms with van der Waals surface area (Å²) in [5.41, 5.74) is 2.13. The topological polar surface area (TPSA) is 366 Å². The van der Waals surface area contributed by atoms with Gasteiger partial charge in [0.25, 0.3) is 46.0 Å². The van der Waals surface area contributed by atoms with Gasteiger partial charge in [-0.1, -0.05) is 6.07 Å². The molecular weight excluding hydrogens is 801 g/mol. The number of aromatic hydroxyl groups is 2. The summed E-state index contributed by atoms with van der Waals surface area (Å²) in [6.45, 7) is 0.